The molecule has 0 aliphatic carbocycles. The molecule has 0 spiro atoms. The van der Waals surface area contributed by atoms with Crippen molar-refractivity contribution in [2.45, 2.75) is 27.7 Å². The Balaban J connectivity index is 1.93. The predicted octanol–water partition coefficient (Wildman–Crippen LogP) is 4.63. The Morgan fingerprint density at radius 2 is 1.81 bits per heavy atom. The van der Waals surface area contributed by atoms with Gasteiger partial charge in [0.1, 0.15) is 0 Å². The minimum atomic E-state index is -0.293. The molecule has 1 amide bonds. The van der Waals surface area contributed by atoms with Crippen molar-refractivity contribution >= 4 is 28.1 Å². The third kappa shape index (κ3) is 3.71. The Bertz CT molecular complexity index is 1000. The molecule has 0 aliphatic heterocycles. The maximum atomic E-state index is 12.1. The van der Waals surface area contributed by atoms with E-state index in [2.05, 4.69) is 75.0 Å². The number of nitrogens with zero attached hydrogens (tertiary/aromatic N) is 3. The summed E-state index contributed by atoms with van der Waals surface area (Å²) in [5.74, 6) is -0.293. The number of carbonyl (C=O) groups is 1. The average molecular weight is 425 g/mol. The average Bonchev–Trinajstić information content (AvgIpc) is 2.86. The molecule has 0 aliphatic rings. The van der Waals surface area contributed by atoms with E-state index in [1.807, 2.05) is 6.92 Å². The molecule has 138 valence electrons. The van der Waals surface area contributed by atoms with Crippen LogP contribution in [0.2, 0.25) is 0 Å². The lowest BCUT2D eigenvalue weighted by atomic mass is 10.1. The number of amides is 1. The predicted molar refractivity (Wildman–Crippen MR) is 112 cm³/mol. The SMILES string of the molecule is Cc1cccc(C)c1-n1c(C)c(Br)c(C=NNC(=O)c2cccnc2)c1C. The second kappa shape index (κ2) is 7.88. The first-order valence-electron chi connectivity index (χ1n) is 8.59. The number of rotatable bonds is 4. The van der Waals surface area contributed by atoms with Gasteiger partial charge in [0.2, 0.25) is 0 Å². The number of halogens is 1. The molecule has 2 heterocycles. The minimum absolute atomic E-state index is 0.293. The normalized spacial score (nSPS) is 11.1. The molecule has 0 radical (unpaired) electrons. The lowest BCUT2D eigenvalue weighted by Gasteiger charge is -2.15. The van der Waals surface area contributed by atoms with Crippen LogP contribution < -0.4 is 5.43 Å². The number of carbonyl (C=O) groups excluding carboxylic acids is 1. The van der Waals surface area contributed by atoms with Gasteiger partial charge in [-0.3, -0.25) is 9.78 Å². The molecule has 0 saturated carbocycles. The molecule has 0 unspecified atom stereocenters. The quantitative estimate of drug-likeness (QED) is 0.490. The van der Waals surface area contributed by atoms with E-state index in [0.29, 0.717) is 5.56 Å². The molecule has 0 bridgehead atoms. The summed E-state index contributed by atoms with van der Waals surface area (Å²) < 4.78 is 3.18. The zero-order valence-electron chi connectivity index (χ0n) is 15.7. The van der Waals surface area contributed by atoms with Crippen LogP contribution >= 0.6 is 15.9 Å². The number of hydrazone groups is 1. The van der Waals surface area contributed by atoms with Gasteiger partial charge in [0.05, 0.1) is 17.5 Å². The van der Waals surface area contributed by atoms with Crippen molar-refractivity contribution in [3.05, 3.63) is 80.8 Å². The summed E-state index contributed by atoms with van der Waals surface area (Å²) in [5.41, 5.74) is 9.68. The number of pyridine rings is 1. The zero-order valence-corrected chi connectivity index (χ0v) is 17.3. The molecule has 6 heteroatoms. The van der Waals surface area contributed by atoms with Crippen molar-refractivity contribution in [2.24, 2.45) is 5.10 Å². The van der Waals surface area contributed by atoms with E-state index in [4.69, 9.17) is 0 Å². The van der Waals surface area contributed by atoms with E-state index in [9.17, 15) is 4.79 Å². The number of aromatic nitrogens is 2. The van der Waals surface area contributed by atoms with Crippen LogP contribution in [0, 0.1) is 27.7 Å². The van der Waals surface area contributed by atoms with Crippen LogP contribution in [-0.4, -0.2) is 21.7 Å². The summed E-state index contributed by atoms with van der Waals surface area (Å²) in [6, 6.07) is 9.69. The molecule has 5 nitrogen and oxygen atoms in total. The Morgan fingerprint density at radius 3 is 2.44 bits per heavy atom. The van der Waals surface area contributed by atoms with E-state index in [-0.39, 0.29) is 5.91 Å². The zero-order chi connectivity index (χ0) is 19.6. The van der Waals surface area contributed by atoms with Gasteiger partial charge in [-0.05, 0) is 66.9 Å². The minimum Gasteiger partial charge on any atom is -0.316 e. The second-order valence-corrected chi connectivity index (χ2v) is 7.21. The largest absolute Gasteiger partial charge is 0.316 e. The summed E-state index contributed by atoms with van der Waals surface area (Å²) in [6.45, 7) is 8.33. The van der Waals surface area contributed by atoms with Crippen LogP contribution in [0.5, 0.6) is 0 Å². The third-order valence-corrected chi connectivity index (χ3v) is 5.56. The number of benzene rings is 1. The van der Waals surface area contributed by atoms with E-state index >= 15 is 0 Å². The monoisotopic (exact) mass is 424 g/mol. The second-order valence-electron chi connectivity index (χ2n) is 6.42. The van der Waals surface area contributed by atoms with Gasteiger partial charge in [-0.25, -0.2) is 5.43 Å². The molecule has 1 N–H and O–H groups in total. The molecule has 0 saturated heterocycles. The summed E-state index contributed by atoms with van der Waals surface area (Å²) in [6.07, 6.45) is 4.80. The Morgan fingerprint density at radius 1 is 1.11 bits per heavy atom. The van der Waals surface area contributed by atoms with E-state index in [1.54, 1.807) is 24.5 Å². The van der Waals surface area contributed by atoms with Gasteiger partial charge in [0.25, 0.3) is 5.91 Å². The highest BCUT2D eigenvalue weighted by atomic mass is 79.9. The molecule has 3 aromatic rings. The topological polar surface area (TPSA) is 59.3 Å². The number of hydrogen-bond acceptors (Lipinski definition) is 3. The van der Waals surface area contributed by atoms with Crippen molar-refractivity contribution in [2.75, 3.05) is 0 Å². The van der Waals surface area contributed by atoms with Gasteiger partial charge in [-0.15, -0.1) is 0 Å². The number of hydrogen-bond donors (Lipinski definition) is 1. The van der Waals surface area contributed by atoms with Crippen LogP contribution in [0.15, 0.2) is 52.3 Å². The molecule has 2 aromatic heterocycles. The van der Waals surface area contributed by atoms with Crippen LogP contribution in [0.3, 0.4) is 0 Å². The van der Waals surface area contributed by atoms with Crippen LogP contribution in [0.1, 0.15) is 38.4 Å². The first kappa shape index (κ1) is 19.0. The van der Waals surface area contributed by atoms with Crippen LogP contribution in [0.4, 0.5) is 0 Å². The maximum Gasteiger partial charge on any atom is 0.272 e. The van der Waals surface area contributed by atoms with E-state index in [1.165, 1.54) is 23.0 Å². The summed E-state index contributed by atoms with van der Waals surface area (Å²) in [7, 11) is 0. The highest BCUT2D eigenvalue weighted by Gasteiger charge is 2.18. The first-order valence-corrected chi connectivity index (χ1v) is 9.38. The van der Waals surface area contributed by atoms with Crippen LogP contribution in [0.25, 0.3) is 5.69 Å². The van der Waals surface area contributed by atoms with E-state index < -0.39 is 0 Å². The van der Waals surface area contributed by atoms with Crippen molar-refractivity contribution in [3.63, 3.8) is 0 Å². The molecular formula is C21H21BrN4O. The van der Waals surface area contributed by atoms with Gasteiger partial charge in [0.15, 0.2) is 0 Å². The smallest absolute Gasteiger partial charge is 0.272 e. The van der Waals surface area contributed by atoms with Crippen molar-refractivity contribution in [1.82, 2.24) is 15.0 Å². The Labute approximate surface area is 167 Å². The highest BCUT2D eigenvalue weighted by Crippen LogP contribution is 2.32. The highest BCUT2D eigenvalue weighted by molar-refractivity contribution is 9.10. The third-order valence-electron chi connectivity index (χ3n) is 4.56. The van der Waals surface area contributed by atoms with E-state index in [0.717, 1.165) is 21.4 Å². The molecule has 27 heavy (non-hydrogen) atoms. The number of nitrogens with one attached hydrogen (secondary N) is 1. The maximum absolute atomic E-state index is 12.1. The fraction of sp³-hybridized carbons (Fsp3) is 0.190. The van der Waals surface area contributed by atoms with Crippen LogP contribution in [-0.2, 0) is 0 Å². The molecule has 1 aromatic carbocycles. The lowest BCUT2D eigenvalue weighted by molar-refractivity contribution is 0.0955. The van der Waals surface area contributed by atoms with Gasteiger partial charge >= 0.3 is 0 Å². The fourth-order valence-corrected chi connectivity index (χ4v) is 3.75. The first-order chi connectivity index (χ1) is 12.9. The van der Waals surface area contributed by atoms with Crippen molar-refractivity contribution in [3.8, 4) is 5.69 Å². The summed E-state index contributed by atoms with van der Waals surface area (Å²) in [4.78, 5) is 16.0. The van der Waals surface area contributed by atoms with Gasteiger partial charge in [0, 0.05) is 33.8 Å². The Kier molecular flexibility index (Phi) is 5.56. The Hall–Kier alpha value is -2.73. The van der Waals surface area contributed by atoms with Gasteiger partial charge in [-0.2, -0.15) is 5.10 Å². The molecule has 3 rings (SSSR count). The molecule has 0 fully saturated rings. The van der Waals surface area contributed by atoms with Gasteiger partial charge in [-0.1, -0.05) is 18.2 Å². The summed E-state index contributed by atoms with van der Waals surface area (Å²) in [5, 5.41) is 4.14. The lowest BCUT2D eigenvalue weighted by Crippen LogP contribution is -2.17. The van der Waals surface area contributed by atoms with Crippen molar-refractivity contribution < 1.29 is 4.79 Å². The molecule has 0 atom stereocenters. The standard InChI is InChI=1S/C21H21BrN4O/c1-13-7-5-8-14(2)20(13)26-15(3)18(19(22)16(26)4)12-24-25-21(27)17-9-6-10-23-11-17/h5-12H,1-4H3,(H,25,27). The molecular weight excluding hydrogens is 404 g/mol. The summed E-state index contributed by atoms with van der Waals surface area (Å²) >= 11 is 3.68. The number of para-hydroxylation sites is 1. The van der Waals surface area contributed by atoms with Crippen molar-refractivity contribution in [1.29, 1.82) is 0 Å². The number of aryl methyl sites for hydroxylation is 2. The fourth-order valence-electron chi connectivity index (χ4n) is 3.18. The van der Waals surface area contributed by atoms with Gasteiger partial charge < -0.3 is 4.57 Å².